The van der Waals surface area contributed by atoms with Gasteiger partial charge in [0.25, 0.3) is 0 Å². The van der Waals surface area contributed by atoms with Crippen molar-refractivity contribution in [3.05, 3.63) is 53.5 Å². The Kier molecular flexibility index (Phi) is 2.44. The molecule has 3 nitrogen and oxygen atoms in total. The molecule has 0 unspecified atom stereocenters. The standard InChI is InChI=1S/C14H13NO2/c16-14(13-4-2-8-17-13)11-5-6-12-10(9-11)3-1-7-15-12/h2,4-6,8-9,15H,1,3,7H2. The van der Waals surface area contributed by atoms with Gasteiger partial charge in [0, 0.05) is 17.8 Å². The molecule has 86 valence electrons. The van der Waals surface area contributed by atoms with E-state index in [-0.39, 0.29) is 5.78 Å². The van der Waals surface area contributed by atoms with Crippen LogP contribution in [0.2, 0.25) is 0 Å². The van der Waals surface area contributed by atoms with Crippen molar-refractivity contribution >= 4 is 11.5 Å². The molecular formula is C14H13NO2. The Morgan fingerprint density at radius 3 is 3.06 bits per heavy atom. The minimum absolute atomic E-state index is 0.0524. The number of rotatable bonds is 2. The molecule has 1 aromatic carbocycles. The van der Waals surface area contributed by atoms with Crippen LogP contribution in [-0.4, -0.2) is 12.3 Å². The van der Waals surface area contributed by atoms with Crippen LogP contribution in [-0.2, 0) is 6.42 Å². The summed E-state index contributed by atoms with van der Waals surface area (Å²) in [4.78, 5) is 12.1. The second-order valence-electron chi connectivity index (χ2n) is 4.21. The lowest BCUT2D eigenvalue weighted by molar-refractivity contribution is 0.101. The van der Waals surface area contributed by atoms with Gasteiger partial charge in [0.05, 0.1) is 6.26 Å². The van der Waals surface area contributed by atoms with Gasteiger partial charge in [-0.05, 0) is 48.7 Å². The van der Waals surface area contributed by atoms with Crippen LogP contribution >= 0.6 is 0 Å². The van der Waals surface area contributed by atoms with Gasteiger partial charge in [-0.3, -0.25) is 4.79 Å². The highest BCUT2D eigenvalue weighted by Crippen LogP contribution is 2.24. The maximum atomic E-state index is 12.1. The fourth-order valence-corrected chi connectivity index (χ4v) is 2.17. The lowest BCUT2D eigenvalue weighted by Crippen LogP contribution is -2.12. The van der Waals surface area contributed by atoms with Crippen LogP contribution in [0.15, 0.2) is 41.0 Å². The number of nitrogens with one attached hydrogen (secondary N) is 1. The smallest absolute Gasteiger partial charge is 0.228 e. The van der Waals surface area contributed by atoms with Crippen LogP contribution in [0, 0.1) is 0 Å². The number of aryl methyl sites for hydroxylation is 1. The number of anilines is 1. The quantitative estimate of drug-likeness (QED) is 0.802. The minimum atomic E-state index is -0.0524. The average molecular weight is 227 g/mol. The van der Waals surface area contributed by atoms with E-state index < -0.39 is 0 Å². The van der Waals surface area contributed by atoms with Gasteiger partial charge >= 0.3 is 0 Å². The average Bonchev–Trinajstić information content (AvgIpc) is 2.91. The molecule has 0 fully saturated rings. The number of carbonyl (C=O) groups is 1. The molecule has 17 heavy (non-hydrogen) atoms. The first-order chi connectivity index (χ1) is 8.34. The Morgan fingerprint density at radius 2 is 2.24 bits per heavy atom. The summed E-state index contributed by atoms with van der Waals surface area (Å²) in [6.07, 6.45) is 3.67. The fraction of sp³-hybridized carbons (Fsp3) is 0.214. The molecule has 0 saturated heterocycles. The topological polar surface area (TPSA) is 42.2 Å². The van der Waals surface area contributed by atoms with Crippen LogP contribution in [0.25, 0.3) is 0 Å². The molecule has 0 radical (unpaired) electrons. The second kappa shape index (κ2) is 4.09. The monoisotopic (exact) mass is 227 g/mol. The zero-order valence-electron chi connectivity index (χ0n) is 9.40. The van der Waals surface area contributed by atoms with Crippen LogP contribution in [0.3, 0.4) is 0 Å². The van der Waals surface area contributed by atoms with Gasteiger partial charge in [-0.2, -0.15) is 0 Å². The molecule has 3 rings (SSSR count). The number of hydrogen-bond donors (Lipinski definition) is 1. The molecule has 1 aromatic heterocycles. The van der Waals surface area contributed by atoms with E-state index in [0.29, 0.717) is 11.3 Å². The van der Waals surface area contributed by atoms with Crippen molar-refractivity contribution in [1.82, 2.24) is 0 Å². The van der Waals surface area contributed by atoms with Gasteiger partial charge in [-0.15, -0.1) is 0 Å². The molecule has 3 heteroatoms. The maximum Gasteiger partial charge on any atom is 0.228 e. The molecule has 0 spiro atoms. The van der Waals surface area contributed by atoms with Gasteiger partial charge in [0.15, 0.2) is 5.76 Å². The molecule has 0 bridgehead atoms. The van der Waals surface area contributed by atoms with Crippen LogP contribution < -0.4 is 5.32 Å². The summed E-state index contributed by atoms with van der Waals surface area (Å²) in [7, 11) is 0. The Morgan fingerprint density at radius 1 is 1.29 bits per heavy atom. The van der Waals surface area contributed by atoms with E-state index in [1.807, 2.05) is 18.2 Å². The van der Waals surface area contributed by atoms with E-state index in [4.69, 9.17) is 4.42 Å². The van der Waals surface area contributed by atoms with Crippen molar-refractivity contribution in [2.75, 3.05) is 11.9 Å². The predicted octanol–water partition coefficient (Wildman–Crippen LogP) is 2.87. The summed E-state index contributed by atoms with van der Waals surface area (Å²) in [5.41, 5.74) is 3.06. The molecule has 0 atom stereocenters. The molecular weight excluding hydrogens is 214 g/mol. The summed E-state index contributed by atoms with van der Waals surface area (Å²) in [5.74, 6) is 0.345. The third-order valence-electron chi connectivity index (χ3n) is 3.05. The van der Waals surface area contributed by atoms with E-state index in [2.05, 4.69) is 5.32 Å². The fourth-order valence-electron chi connectivity index (χ4n) is 2.17. The first-order valence-electron chi connectivity index (χ1n) is 5.79. The molecule has 1 N–H and O–H groups in total. The molecule has 1 aliphatic rings. The van der Waals surface area contributed by atoms with Crippen molar-refractivity contribution in [3.63, 3.8) is 0 Å². The van der Waals surface area contributed by atoms with Crippen molar-refractivity contribution in [2.24, 2.45) is 0 Å². The predicted molar refractivity (Wildman–Crippen MR) is 65.4 cm³/mol. The zero-order chi connectivity index (χ0) is 11.7. The summed E-state index contributed by atoms with van der Waals surface area (Å²) in [5, 5.41) is 3.33. The highest BCUT2D eigenvalue weighted by atomic mass is 16.3. The summed E-state index contributed by atoms with van der Waals surface area (Å²) < 4.78 is 5.13. The van der Waals surface area contributed by atoms with E-state index >= 15 is 0 Å². The van der Waals surface area contributed by atoms with Crippen molar-refractivity contribution < 1.29 is 9.21 Å². The number of ketones is 1. The van der Waals surface area contributed by atoms with Crippen molar-refractivity contribution in [1.29, 1.82) is 0 Å². The lowest BCUT2D eigenvalue weighted by atomic mass is 9.98. The zero-order valence-corrected chi connectivity index (χ0v) is 9.40. The Hall–Kier alpha value is -2.03. The van der Waals surface area contributed by atoms with Crippen LogP contribution in [0.5, 0.6) is 0 Å². The molecule has 0 amide bonds. The number of fused-ring (bicyclic) bond motifs is 1. The van der Waals surface area contributed by atoms with Crippen LogP contribution in [0.4, 0.5) is 5.69 Å². The normalized spacial score (nSPS) is 13.9. The van der Waals surface area contributed by atoms with Crippen LogP contribution in [0.1, 0.15) is 28.1 Å². The number of carbonyl (C=O) groups excluding carboxylic acids is 1. The van der Waals surface area contributed by atoms with E-state index in [9.17, 15) is 4.79 Å². The highest BCUT2D eigenvalue weighted by molar-refractivity contribution is 6.07. The summed E-state index contributed by atoms with van der Waals surface area (Å²) in [6, 6.07) is 9.21. The SMILES string of the molecule is O=C(c1ccc2c(c1)CCCN2)c1ccco1. The van der Waals surface area contributed by atoms with Gasteiger partial charge in [-0.1, -0.05) is 0 Å². The van der Waals surface area contributed by atoms with E-state index in [0.717, 1.165) is 25.1 Å². The Labute approximate surface area is 99.4 Å². The van der Waals surface area contributed by atoms with Crippen molar-refractivity contribution in [2.45, 2.75) is 12.8 Å². The molecule has 2 heterocycles. The van der Waals surface area contributed by atoms with Gasteiger partial charge in [0.2, 0.25) is 5.78 Å². The first-order valence-corrected chi connectivity index (χ1v) is 5.79. The van der Waals surface area contributed by atoms with Gasteiger partial charge in [-0.25, -0.2) is 0 Å². The third-order valence-corrected chi connectivity index (χ3v) is 3.05. The molecule has 0 saturated carbocycles. The Balaban J connectivity index is 1.96. The van der Waals surface area contributed by atoms with Gasteiger partial charge in [0.1, 0.15) is 0 Å². The molecule has 2 aromatic rings. The lowest BCUT2D eigenvalue weighted by Gasteiger charge is -2.18. The number of hydrogen-bond acceptors (Lipinski definition) is 3. The highest BCUT2D eigenvalue weighted by Gasteiger charge is 2.15. The molecule has 1 aliphatic heterocycles. The van der Waals surface area contributed by atoms with E-state index in [1.165, 1.54) is 11.8 Å². The minimum Gasteiger partial charge on any atom is -0.461 e. The Bertz CT molecular complexity index is 543. The largest absolute Gasteiger partial charge is 0.461 e. The third kappa shape index (κ3) is 1.84. The number of furan rings is 1. The second-order valence-corrected chi connectivity index (χ2v) is 4.21. The van der Waals surface area contributed by atoms with E-state index in [1.54, 1.807) is 12.1 Å². The summed E-state index contributed by atoms with van der Waals surface area (Å²) in [6.45, 7) is 1.01. The molecule has 0 aliphatic carbocycles. The number of benzene rings is 1. The maximum absolute atomic E-state index is 12.1. The van der Waals surface area contributed by atoms with Gasteiger partial charge < -0.3 is 9.73 Å². The summed E-state index contributed by atoms with van der Waals surface area (Å²) >= 11 is 0. The first kappa shape index (κ1) is 10.1. The van der Waals surface area contributed by atoms with Crippen molar-refractivity contribution in [3.8, 4) is 0 Å².